The van der Waals surface area contributed by atoms with E-state index < -0.39 is 0 Å². The van der Waals surface area contributed by atoms with Crippen molar-refractivity contribution in [2.75, 3.05) is 20.2 Å². The lowest BCUT2D eigenvalue weighted by atomic mass is 9.98. The molecule has 10 heteroatoms. The summed E-state index contributed by atoms with van der Waals surface area (Å²) in [6.45, 7) is 2.61. The van der Waals surface area contributed by atoms with Gasteiger partial charge >= 0.3 is 0 Å². The van der Waals surface area contributed by atoms with E-state index in [1.165, 1.54) is 0 Å². The number of benzene rings is 1. The molecular formula is C26H24ClN7O2. The zero-order valence-electron chi connectivity index (χ0n) is 19.7. The Morgan fingerprint density at radius 3 is 2.97 bits per heavy atom. The molecule has 36 heavy (non-hydrogen) atoms. The van der Waals surface area contributed by atoms with Crippen LogP contribution < -0.4 is 4.74 Å². The van der Waals surface area contributed by atoms with Crippen molar-refractivity contribution in [1.29, 1.82) is 0 Å². The Bertz CT molecular complexity index is 1520. The lowest BCUT2D eigenvalue weighted by molar-refractivity contribution is 0.184. The summed E-state index contributed by atoms with van der Waals surface area (Å²) in [4.78, 5) is 11.0. The van der Waals surface area contributed by atoms with Gasteiger partial charge in [-0.2, -0.15) is 5.10 Å². The molecule has 1 saturated heterocycles. The molecular weight excluding hydrogens is 478 g/mol. The van der Waals surface area contributed by atoms with E-state index in [4.69, 9.17) is 20.8 Å². The van der Waals surface area contributed by atoms with Crippen molar-refractivity contribution >= 4 is 22.5 Å². The van der Waals surface area contributed by atoms with Crippen LogP contribution in [-0.2, 0) is 6.54 Å². The third kappa shape index (κ3) is 4.55. The van der Waals surface area contributed by atoms with Gasteiger partial charge in [0.25, 0.3) is 0 Å². The van der Waals surface area contributed by atoms with Gasteiger partial charge in [-0.05, 0) is 55.8 Å². The summed E-state index contributed by atoms with van der Waals surface area (Å²) in [6, 6.07) is 15.5. The number of methoxy groups -OCH3 is 1. The highest BCUT2D eigenvalue weighted by atomic mass is 35.5. The number of nitrogens with zero attached hydrogens (tertiary/aromatic N) is 6. The minimum absolute atomic E-state index is 0.179. The van der Waals surface area contributed by atoms with Gasteiger partial charge in [-0.3, -0.25) is 10.00 Å². The number of fused-ring (bicyclic) bond motifs is 1. The number of nitrogens with one attached hydrogen (secondary N) is 1. The van der Waals surface area contributed by atoms with E-state index in [-0.39, 0.29) is 5.92 Å². The molecule has 182 valence electrons. The normalized spacial score (nSPS) is 16.4. The fraction of sp³-hybridized carbons (Fsp3) is 0.269. The van der Waals surface area contributed by atoms with Crippen molar-refractivity contribution in [3.8, 4) is 28.6 Å². The molecule has 0 spiro atoms. The molecule has 0 unspecified atom stereocenters. The summed E-state index contributed by atoms with van der Waals surface area (Å²) in [6.07, 6.45) is 3.74. The molecule has 0 radical (unpaired) electrons. The van der Waals surface area contributed by atoms with Crippen molar-refractivity contribution < 1.29 is 9.15 Å². The zero-order valence-corrected chi connectivity index (χ0v) is 20.4. The molecule has 0 aliphatic carbocycles. The summed E-state index contributed by atoms with van der Waals surface area (Å²) < 4.78 is 11.4. The van der Waals surface area contributed by atoms with Crippen LogP contribution in [0.4, 0.5) is 0 Å². The molecule has 1 N–H and O–H groups in total. The van der Waals surface area contributed by atoms with Gasteiger partial charge < -0.3 is 9.15 Å². The summed E-state index contributed by atoms with van der Waals surface area (Å²) in [7, 11) is 1.63. The van der Waals surface area contributed by atoms with Gasteiger partial charge in [0.1, 0.15) is 10.8 Å². The number of rotatable bonds is 6. The fourth-order valence-electron chi connectivity index (χ4n) is 4.72. The summed E-state index contributed by atoms with van der Waals surface area (Å²) in [5.41, 5.74) is 4.43. The molecule has 5 aromatic rings. The number of H-pyrrole nitrogens is 1. The first-order chi connectivity index (χ1) is 17.7. The van der Waals surface area contributed by atoms with Gasteiger partial charge in [-0.1, -0.05) is 17.7 Å². The largest absolute Gasteiger partial charge is 0.481 e. The van der Waals surface area contributed by atoms with E-state index in [1.54, 1.807) is 19.4 Å². The lowest BCUT2D eigenvalue weighted by Crippen LogP contribution is -2.34. The van der Waals surface area contributed by atoms with Crippen LogP contribution in [-0.4, -0.2) is 55.5 Å². The van der Waals surface area contributed by atoms with Crippen molar-refractivity contribution in [2.24, 2.45) is 0 Å². The number of pyridine rings is 2. The van der Waals surface area contributed by atoms with Crippen LogP contribution in [0.1, 0.15) is 30.3 Å². The summed E-state index contributed by atoms with van der Waals surface area (Å²) in [5, 5.41) is 17.7. The number of aromatic amines is 1. The number of hydrogen-bond donors (Lipinski definition) is 1. The average molecular weight is 502 g/mol. The van der Waals surface area contributed by atoms with Crippen LogP contribution in [0.5, 0.6) is 5.88 Å². The van der Waals surface area contributed by atoms with Crippen LogP contribution in [0.25, 0.3) is 33.6 Å². The quantitative estimate of drug-likeness (QED) is 0.320. The van der Waals surface area contributed by atoms with E-state index in [2.05, 4.69) is 35.3 Å². The van der Waals surface area contributed by atoms with Crippen molar-refractivity contribution in [2.45, 2.75) is 25.3 Å². The Morgan fingerprint density at radius 2 is 2.08 bits per heavy atom. The van der Waals surface area contributed by atoms with Crippen LogP contribution in [0, 0.1) is 0 Å². The minimum Gasteiger partial charge on any atom is -0.481 e. The van der Waals surface area contributed by atoms with Crippen LogP contribution in [0.15, 0.2) is 59.1 Å². The summed E-state index contributed by atoms with van der Waals surface area (Å²) in [5.74, 6) is 1.98. The third-order valence-corrected chi connectivity index (χ3v) is 6.69. The van der Waals surface area contributed by atoms with Crippen molar-refractivity contribution in [3.63, 3.8) is 0 Å². The molecule has 1 atom stereocenters. The fourth-order valence-corrected chi connectivity index (χ4v) is 4.90. The van der Waals surface area contributed by atoms with Gasteiger partial charge in [-0.25, -0.2) is 9.97 Å². The molecule has 1 fully saturated rings. The first kappa shape index (κ1) is 22.6. The number of aromatic nitrogens is 6. The van der Waals surface area contributed by atoms with E-state index in [9.17, 15) is 0 Å². The maximum Gasteiger partial charge on any atom is 0.247 e. The van der Waals surface area contributed by atoms with Gasteiger partial charge in [0.05, 0.1) is 24.2 Å². The van der Waals surface area contributed by atoms with Crippen LogP contribution >= 0.6 is 11.6 Å². The van der Waals surface area contributed by atoms with Crippen molar-refractivity contribution in [3.05, 3.63) is 71.5 Å². The highest BCUT2D eigenvalue weighted by Crippen LogP contribution is 2.33. The van der Waals surface area contributed by atoms with Gasteiger partial charge in [0, 0.05) is 41.9 Å². The molecule has 1 aliphatic rings. The predicted octanol–water partition coefficient (Wildman–Crippen LogP) is 5.11. The Morgan fingerprint density at radius 1 is 1.14 bits per heavy atom. The maximum atomic E-state index is 6.19. The Balaban J connectivity index is 1.22. The van der Waals surface area contributed by atoms with Gasteiger partial charge in [0.2, 0.25) is 17.7 Å². The average Bonchev–Trinajstić information content (AvgIpc) is 3.56. The topological polar surface area (TPSA) is 106 Å². The smallest absolute Gasteiger partial charge is 0.247 e. The van der Waals surface area contributed by atoms with Crippen LogP contribution in [0.2, 0.25) is 5.15 Å². The zero-order chi connectivity index (χ0) is 24.5. The van der Waals surface area contributed by atoms with E-state index >= 15 is 0 Å². The molecule has 0 saturated carbocycles. The molecule has 5 heterocycles. The van der Waals surface area contributed by atoms with Gasteiger partial charge in [-0.15, -0.1) is 10.2 Å². The second-order valence-electron chi connectivity index (χ2n) is 8.89. The number of ether oxygens (including phenoxy) is 1. The maximum absolute atomic E-state index is 6.19. The minimum atomic E-state index is 0.179. The van der Waals surface area contributed by atoms with E-state index in [0.717, 1.165) is 65.9 Å². The second kappa shape index (κ2) is 9.67. The summed E-state index contributed by atoms with van der Waals surface area (Å²) >= 11 is 6.09. The molecule has 1 aliphatic heterocycles. The predicted molar refractivity (Wildman–Crippen MR) is 136 cm³/mol. The Hall–Kier alpha value is -3.82. The highest BCUT2D eigenvalue weighted by molar-refractivity contribution is 6.29. The molecule has 9 nitrogen and oxygen atoms in total. The standard InChI is InChI=1S/C26H24ClN7O2/c1-35-23-6-2-5-19(29-23)15-34-11-3-4-18(14-34)26-33-32-25(36-26)17-7-8-21-20(12-17)24(31-30-21)16-9-10-28-22(27)13-16/h2,5-10,12-13,18H,3-4,11,14-15H2,1H3,(H,30,31)/t18-/m1/s1. The molecule has 1 aromatic carbocycles. The van der Waals surface area contributed by atoms with E-state index in [0.29, 0.717) is 22.8 Å². The Labute approximate surface area is 212 Å². The molecule has 0 amide bonds. The monoisotopic (exact) mass is 501 g/mol. The lowest BCUT2D eigenvalue weighted by Gasteiger charge is -2.30. The second-order valence-corrected chi connectivity index (χ2v) is 9.28. The molecule has 6 rings (SSSR count). The van der Waals surface area contributed by atoms with Crippen molar-refractivity contribution in [1.82, 2.24) is 35.3 Å². The highest BCUT2D eigenvalue weighted by Gasteiger charge is 2.26. The first-order valence-electron chi connectivity index (χ1n) is 11.8. The number of likely N-dealkylation sites (tertiary alicyclic amines) is 1. The molecule has 0 bridgehead atoms. The first-order valence-corrected chi connectivity index (χ1v) is 12.2. The SMILES string of the molecule is COc1cccc(CN2CCC[C@@H](c3nnc(-c4ccc5[nH]nc(-c6ccnc(Cl)c6)c5c4)o3)C2)n1. The number of halogens is 1. The van der Waals surface area contributed by atoms with Gasteiger partial charge in [0.15, 0.2) is 0 Å². The van der Waals surface area contributed by atoms with Crippen LogP contribution in [0.3, 0.4) is 0 Å². The Kier molecular flexibility index (Phi) is 6.08. The molecule has 4 aromatic heterocycles. The van der Waals surface area contributed by atoms with E-state index in [1.807, 2.05) is 42.5 Å². The number of piperidine rings is 1. The third-order valence-electron chi connectivity index (χ3n) is 6.48. The number of hydrogen-bond acceptors (Lipinski definition) is 8.